The van der Waals surface area contributed by atoms with Crippen molar-refractivity contribution in [2.45, 2.75) is 64.0 Å². The van der Waals surface area contributed by atoms with Crippen LogP contribution in [0, 0.1) is 0 Å². The first-order valence-electron chi connectivity index (χ1n) is 7.00. The predicted molar refractivity (Wildman–Crippen MR) is 67.3 cm³/mol. The van der Waals surface area contributed by atoms with E-state index in [1.165, 1.54) is 18.5 Å². The number of rotatable bonds is 2. The molecule has 0 radical (unpaired) electrons. The largest absolute Gasteiger partial charge is 0.390 e. The van der Waals surface area contributed by atoms with Gasteiger partial charge >= 0.3 is 0 Å². The van der Waals surface area contributed by atoms with Crippen molar-refractivity contribution in [3.63, 3.8) is 0 Å². The average Bonchev–Trinajstić information content (AvgIpc) is 2.79. The number of Topliss-reactive ketones (excluding diaryl/α,β-unsaturated/α-hetero) is 1. The van der Waals surface area contributed by atoms with Crippen LogP contribution in [0.3, 0.4) is 0 Å². The number of hydrogen-bond acceptors (Lipinski definition) is 3. The van der Waals surface area contributed by atoms with E-state index in [0.29, 0.717) is 24.5 Å². The molecule has 0 bridgehead atoms. The zero-order valence-corrected chi connectivity index (χ0v) is 10.7. The molecule has 98 valence electrons. The second-order valence-corrected chi connectivity index (χ2v) is 5.44. The smallest absolute Gasteiger partial charge is 0.132 e. The Balaban J connectivity index is 1.91. The Kier molecular flexibility index (Phi) is 3.20. The highest BCUT2D eigenvalue weighted by Crippen LogP contribution is 2.33. The molecule has 0 unspecified atom stereocenters. The molecule has 1 aromatic heterocycles. The lowest BCUT2D eigenvalue weighted by molar-refractivity contribution is -0.120. The van der Waals surface area contributed by atoms with Crippen molar-refractivity contribution < 1.29 is 9.90 Å². The summed E-state index contributed by atoms with van der Waals surface area (Å²) in [5.74, 6) is 1.93. The summed E-state index contributed by atoms with van der Waals surface area (Å²) in [5, 5.41) is 9.42. The van der Waals surface area contributed by atoms with Crippen LogP contribution >= 0.6 is 0 Å². The highest BCUT2D eigenvalue weighted by Gasteiger charge is 2.27. The molecule has 0 aromatic carbocycles. The fraction of sp³-hybridized carbons (Fsp3) is 0.714. The third kappa shape index (κ3) is 1.99. The van der Waals surface area contributed by atoms with E-state index in [-0.39, 0.29) is 6.61 Å². The fourth-order valence-electron chi connectivity index (χ4n) is 3.28. The first-order chi connectivity index (χ1) is 8.79. The van der Waals surface area contributed by atoms with Gasteiger partial charge in [-0.25, -0.2) is 4.98 Å². The molecule has 18 heavy (non-hydrogen) atoms. The molecule has 0 amide bonds. The topological polar surface area (TPSA) is 55.1 Å². The number of nitrogens with zero attached hydrogens (tertiary/aromatic N) is 2. The van der Waals surface area contributed by atoms with Crippen molar-refractivity contribution in [3.05, 3.63) is 17.2 Å². The van der Waals surface area contributed by atoms with Crippen LogP contribution in [-0.4, -0.2) is 20.4 Å². The quantitative estimate of drug-likeness (QED) is 0.870. The van der Waals surface area contributed by atoms with Gasteiger partial charge in [-0.1, -0.05) is 0 Å². The standard InChI is InChI=1S/C14H20N2O2/c17-9-12-13-3-1-2-8-16(13)14(15-12)10-4-6-11(18)7-5-10/h10,17H,1-9H2. The highest BCUT2D eigenvalue weighted by atomic mass is 16.3. The van der Waals surface area contributed by atoms with E-state index >= 15 is 0 Å². The summed E-state index contributed by atoms with van der Waals surface area (Å²) in [5.41, 5.74) is 2.09. The molecule has 0 spiro atoms. The van der Waals surface area contributed by atoms with Crippen molar-refractivity contribution in [2.24, 2.45) is 0 Å². The second-order valence-electron chi connectivity index (χ2n) is 5.44. The lowest BCUT2D eigenvalue weighted by Gasteiger charge is -2.24. The van der Waals surface area contributed by atoms with Crippen molar-refractivity contribution in [1.29, 1.82) is 0 Å². The van der Waals surface area contributed by atoms with E-state index in [9.17, 15) is 9.90 Å². The molecule has 1 saturated carbocycles. The summed E-state index contributed by atoms with van der Waals surface area (Å²) < 4.78 is 2.31. The molecule has 1 aliphatic heterocycles. The van der Waals surface area contributed by atoms with Crippen LogP contribution < -0.4 is 0 Å². The Hall–Kier alpha value is -1.16. The normalized spacial score (nSPS) is 21.1. The zero-order valence-electron chi connectivity index (χ0n) is 10.7. The van der Waals surface area contributed by atoms with Crippen LogP contribution in [0.15, 0.2) is 0 Å². The van der Waals surface area contributed by atoms with Gasteiger partial charge in [-0.3, -0.25) is 4.79 Å². The first-order valence-corrected chi connectivity index (χ1v) is 7.00. The minimum atomic E-state index is 0.0426. The fourth-order valence-corrected chi connectivity index (χ4v) is 3.28. The van der Waals surface area contributed by atoms with Gasteiger partial charge in [-0.2, -0.15) is 0 Å². The van der Waals surface area contributed by atoms with Gasteiger partial charge in [0.15, 0.2) is 0 Å². The Bertz CT molecular complexity index is 455. The predicted octanol–water partition coefficient (Wildman–Crippen LogP) is 1.94. The average molecular weight is 248 g/mol. The van der Waals surface area contributed by atoms with Gasteiger partial charge in [-0.05, 0) is 32.1 Å². The van der Waals surface area contributed by atoms with E-state index in [0.717, 1.165) is 37.3 Å². The van der Waals surface area contributed by atoms with Gasteiger partial charge in [0.2, 0.25) is 0 Å². The van der Waals surface area contributed by atoms with Crippen LogP contribution in [0.25, 0.3) is 0 Å². The third-order valence-corrected chi connectivity index (χ3v) is 4.29. The lowest BCUT2D eigenvalue weighted by atomic mass is 9.87. The Labute approximate surface area is 107 Å². The number of aromatic nitrogens is 2. The van der Waals surface area contributed by atoms with Crippen molar-refractivity contribution in [1.82, 2.24) is 9.55 Å². The maximum Gasteiger partial charge on any atom is 0.132 e. The number of imidazole rings is 1. The van der Waals surface area contributed by atoms with Crippen molar-refractivity contribution in [3.8, 4) is 0 Å². The zero-order chi connectivity index (χ0) is 12.5. The lowest BCUT2D eigenvalue weighted by Crippen LogP contribution is -2.19. The Morgan fingerprint density at radius 2 is 2.00 bits per heavy atom. The van der Waals surface area contributed by atoms with Crippen LogP contribution in [0.5, 0.6) is 0 Å². The van der Waals surface area contributed by atoms with Gasteiger partial charge in [0, 0.05) is 31.0 Å². The highest BCUT2D eigenvalue weighted by molar-refractivity contribution is 5.79. The summed E-state index contributed by atoms with van der Waals surface area (Å²) >= 11 is 0. The van der Waals surface area contributed by atoms with Crippen LogP contribution in [0.4, 0.5) is 0 Å². The van der Waals surface area contributed by atoms with E-state index in [2.05, 4.69) is 9.55 Å². The molecule has 1 fully saturated rings. The minimum Gasteiger partial charge on any atom is -0.390 e. The molecule has 1 aliphatic carbocycles. The van der Waals surface area contributed by atoms with Gasteiger partial charge in [0.25, 0.3) is 0 Å². The van der Waals surface area contributed by atoms with Gasteiger partial charge in [0.1, 0.15) is 11.6 Å². The molecule has 1 aromatic rings. The number of aliphatic hydroxyl groups excluding tert-OH is 1. The van der Waals surface area contributed by atoms with Gasteiger partial charge in [0.05, 0.1) is 12.3 Å². The Morgan fingerprint density at radius 1 is 1.22 bits per heavy atom. The first kappa shape index (κ1) is 11.9. The van der Waals surface area contributed by atoms with Gasteiger partial charge in [-0.15, -0.1) is 0 Å². The molecule has 1 N–H and O–H groups in total. The molecule has 4 nitrogen and oxygen atoms in total. The molecule has 2 heterocycles. The summed E-state index contributed by atoms with van der Waals surface area (Å²) in [7, 11) is 0. The summed E-state index contributed by atoms with van der Waals surface area (Å²) in [6.07, 6.45) is 6.69. The summed E-state index contributed by atoms with van der Waals surface area (Å²) in [6, 6.07) is 0. The molecular formula is C14H20N2O2. The van der Waals surface area contributed by atoms with E-state index < -0.39 is 0 Å². The number of ketones is 1. The van der Waals surface area contributed by atoms with Crippen molar-refractivity contribution >= 4 is 5.78 Å². The van der Waals surface area contributed by atoms with Crippen LogP contribution in [0.2, 0.25) is 0 Å². The number of aliphatic hydroxyl groups is 1. The molecule has 0 saturated heterocycles. The number of carbonyl (C=O) groups is 1. The third-order valence-electron chi connectivity index (χ3n) is 4.29. The Morgan fingerprint density at radius 3 is 2.72 bits per heavy atom. The molecule has 0 atom stereocenters. The van der Waals surface area contributed by atoms with Crippen molar-refractivity contribution in [2.75, 3.05) is 0 Å². The molecule has 4 heteroatoms. The number of hydrogen-bond donors (Lipinski definition) is 1. The van der Waals surface area contributed by atoms with E-state index in [1.54, 1.807) is 0 Å². The van der Waals surface area contributed by atoms with E-state index in [1.807, 2.05) is 0 Å². The second kappa shape index (κ2) is 4.84. The van der Waals surface area contributed by atoms with Gasteiger partial charge < -0.3 is 9.67 Å². The molecular weight excluding hydrogens is 228 g/mol. The van der Waals surface area contributed by atoms with Crippen LogP contribution in [0.1, 0.15) is 61.7 Å². The summed E-state index contributed by atoms with van der Waals surface area (Å²) in [4.78, 5) is 16.0. The molecule has 3 rings (SSSR count). The monoisotopic (exact) mass is 248 g/mol. The maximum atomic E-state index is 11.3. The number of fused-ring (bicyclic) bond motifs is 1. The minimum absolute atomic E-state index is 0.0426. The number of carbonyl (C=O) groups excluding carboxylic acids is 1. The van der Waals surface area contributed by atoms with E-state index in [4.69, 9.17) is 0 Å². The SMILES string of the molecule is O=C1CCC(c2nc(CO)c3n2CCCC3)CC1. The molecule has 2 aliphatic rings. The maximum absolute atomic E-state index is 11.3. The summed E-state index contributed by atoms with van der Waals surface area (Å²) in [6.45, 7) is 1.07. The van der Waals surface area contributed by atoms with Crippen LogP contribution in [-0.2, 0) is 24.4 Å².